The number of hydrogen-bond acceptors (Lipinski definition) is 4. The smallest absolute Gasteiger partial charge is 0.313 e. The highest BCUT2D eigenvalue weighted by molar-refractivity contribution is 7.90. The normalized spacial score (nSPS) is 11.9. The number of anilines is 1. The summed E-state index contributed by atoms with van der Waals surface area (Å²) < 4.78 is 23.5. The molecular formula is C20H23NO5S. The Labute approximate surface area is 159 Å². The average Bonchev–Trinajstić information content (AvgIpc) is 2.60. The average molecular weight is 389 g/mol. The molecule has 1 amide bonds. The maximum Gasteiger partial charge on any atom is 0.313 e. The number of aliphatic carboxylic acids is 1. The Kier molecular flexibility index (Phi) is 5.75. The maximum absolute atomic E-state index is 12.7. The van der Waals surface area contributed by atoms with Crippen molar-refractivity contribution >= 4 is 27.4 Å². The zero-order chi connectivity index (χ0) is 20.4. The number of aryl methyl sites for hydroxylation is 1. The lowest BCUT2D eigenvalue weighted by Gasteiger charge is -2.20. The van der Waals surface area contributed by atoms with Gasteiger partial charge in [-0.2, -0.15) is 0 Å². The van der Waals surface area contributed by atoms with Crippen LogP contribution >= 0.6 is 0 Å². The minimum Gasteiger partial charge on any atom is -0.481 e. The first-order valence-corrected chi connectivity index (χ1v) is 10.3. The van der Waals surface area contributed by atoms with E-state index >= 15 is 0 Å². The molecule has 2 N–H and O–H groups in total. The highest BCUT2D eigenvalue weighted by Gasteiger charge is 2.29. The molecule has 0 saturated carbocycles. The third-order valence-corrected chi connectivity index (χ3v) is 5.64. The number of carbonyl (C=O) groups excluding carboxylic acids is 1. The van der Waals surface area contributed by atoms with Crippen molar-refractivity contribution in [3.05, 3.63) is 59.2 Å². The lowest BCUT2D eigenvalue weighted by Crippen LogP contribution is -2.28. The van der Waals surface area contributed by atoms with Crippen molar-refractivity contribution in [2.24, 2.45) is 0 Å². The maximum atomic E-state index is 12.7. The summed E-state index contributed by atoms with van der Waals surface area (Å²) in [5.41, 5.74) is 1.11. The number of nitrogens with one attached hydrogen (secondary N) is 1. The molecule has 0 aromatic heterocycles. The Morgan fingerprint density at radius 1 is 1.07 bits per heavy atom. The Hall–Kier alpha value is -2.67. The van der Waals surface area contributed by atoms with Crippen LogP contribution < -0.4 is 5.32 Å². The lowest BCUT2D eigenvalue weighted by molar-refractivity contribution is -0.142. The molecule has 144 valence electrons. The highest BCUT2D eigenvalue weighted by Crippen LogP contribution is 2.25. The zero-order valence-corrected chi connectivity index (χ0v) is 16.6. The van der Waals surface area contributed by atoms with E-state index < -0.39 is 27.1 Å². The van der Waals surface area contributed by atoms with Crippen LogP contribution in [0.3, 0.4) is 0 Å². The van der Waals surface area contributed by atoms with E-state index in [1.54, 1.807) is 44.2 Å². The van der Waals surface area contributed by atoms with Gasteiger partial charge in [0.15, 0.2) is 9.84 Å². The Balaban J connectivity index is 2.31. The molecule has 0 saturated heterocycles. The van der Waals surface area contributed by atoms with E-state index in [1.165, 1.54) is 12.1 Å². The van der Waals surface area contributed by atoms with Crippen molar-refractivity contribution in [3.63, 3.8) is 0 Å². The van der Waals surface area contributed by atoms with Gasteiger partial charge in [0, 0.05) is 17.5 Å². The van der Waals surface area contributed by atoms with Crippen LogP contribution in [0.15, 0.2) is 47.4 Å². The predicted octanol–water partition coefficient (Wildman–Crippen LogP) is 3.27. The monoisotopic (exact) mass is 389 g/mol. The number of carbonyl (C=O) groups is 2. The zero-order valence-electron chi connectivity index (χ0n) is 15.7. The van der Waals surface area contributed by atoms with Gasteiger partial charge in [-0.05, 0) is 55.7 Å². The van der Waals surface area contributed by atoms with Gasteiger partial charge >= 0.3 is 5.97 Å². The van der Waals surface area contributed by atoms with Gasteiger partial charge in [-0.1, -0.05) is 25.1 Å². The molecule has 0 radical (unpaired) electrons. The van der Waals surface area contributed by atoms with E-state index in [9.17, 15) is 23.1 Å². The number of benzene rings is 2. The van der Waals surface area contributed by atoms with Gasteiger partial charge < -0.3 is 10.4 Å². The second-order valence-electron chi connectivity index (χ2n) is 6.91. The van der Waals surface area contributed by atoms with Gasteiger partial charge in [0.25, 0.3) is 5.91 Å². The van der Waals surface area contributed by atoms with E-state index in [4.69, 9.17) is 0 Å². The molecule has 0 spiro atoms. The molecule has 0 atom stereocenters. The summed E-state index contributed by atoms with van der Waals surface area (Å²) in [5.74, 6) is -1.35. The van der Waals surface area contributed by atoms with Crippen LogP contribution in [0.4, 0.5) is 5.69 Å². The van der Waals surface area contributed by atoms with Gasteiger partial charge in [0.05, 0.1) is 10.3 Å². The van der Waals surface area contributed by atoms with Crippen LogP contribution in [0, 0.1) is 0 Å². The first-order chi connectivity index (χ1) is 12.5. The van der Waals surface area contributed by atoms with Crippen molar-refractivity contribution in [1.29, 1.82) is 0 Å². The van der Waals surface area contributed by atoms with Gasteiger partial charge in [-0.15, -0.1) is 0 Å². The first kappa shape index (κ1) is 20.6. The first-order valence-electron chi connectivity index (χ1n) is 8.45. The van der Waals surface area contributed by atoms with E-state index in [1.807, 2.05) is 6.92 Å². The molecule has 2 aromatic rings. The topological polar surface area (TPSA) is 101 Å². The molecule has 0 unspecified atom stereocenters. The number of amides is 1. The molecule has 6 nitrogen and oxygen atoms in total. The number of carboxylic acid groups (broad SMARTS) is 1. The van der Waals surface area contributed by atoms with Crippen LogP contribution in [0.5, 0.6) is 0 Å². The molecule has 2 rings (SSSR count). The Morgan fingerprint density at radius 2 is 1.67 bits per heavy atom. The second kappa shape index (κ2) is 7.52. The summed E-state index contributed by atoms with van der Waals surface area (Å²) in [5, 5.41) is 12.0. The van der Waals surface area contributed by atoms with E-state index in [0.717, 1.165) is 11.8 Å². The van der Waals surface area contributed by atoms with E-state index in [-0.39, 0.29) is 4.90 Å². The van der Waals surface area contributed by atoms with Gasteiger partial charge in [-0.25, -0.2) is 8.42 Å². The van der Waals surface area contributed by atoms with Crippen LogP contribution in [-0.4, -0.2) is 31.7 Å². The summed E-state index contributed by atoms with van der Waals surface area (Å²) >= 11 is 0. The van der Waals surface area contributed by atoms with E-state index in [0.29, 0.717) is 23.2 Å². The largest absolute Gasteiger partial charge is 0.481 e. The molecule has 2 aromatic carbocycles. The fraction of sp³-hybridized carbons (Fsp3) is 0.300. The summed E-state index contributed by atoms with van der Waals surface area (Å²) in [6, 6.07) is 11.1. The Morgan fingerprint density at radius 3 is 2.15 bits per heavy atom. The van der Waals surface area contributed by atoms with Crippen molar-refractivity contribution < 1.29 is 23.1 Å². The summed E-state index contributed by atoms with van der Waals surface area (Å²) in [6.07, 6.45) is 1.68. The number of rotatable bonds is 6. The van der Waals surface area contributed by atoms with Crippen molar-refractivity contribution in [2.75, 3.05) is 11.6 Å². The minimum atomic E-state index is -3.42. The lowest BCUT2D eigenvalue weighted by atomic mass is 9.85. The van der Waals surface area contributed by atoms with Crippen LogP contribution in [-0.2, 0) is 26.5 Å². The second-order valence-corrected chi connectivity index (χ2v) is 8.92. The molecule has 0 heterocycles. The molecule has 0 aliphatic heterocycles. The van der Waals surface area contributed by atoms with Crippen molar-refractivity contribution in [1.82, 2.24) is 0 Å². The fourth-order valence-corrected chi connectivity index (χ4v) is 3.25. The summed E-state index contributed by atoms with van der Waals surface area (Å²) in [6.45, 7) is 5.09. The van der Waals surface area contributed by atoms with Crippen molar-refractivity contribution in [3.8, 4) is 0 Å². The van der Waals surface area contributed by atoms with Gasteiger partial charge in [-0.3, -0.25) is 9.59 Å². The van der Waals surface area contributed by atoms with Crippen LogP contribution in [0.1, 0.15) is 42.3 Å². The molecule has 0 aliphatic rings. The number of carboxylic acids is 1. The number of sulfone groups is 1. The van der Waals surface area contributed by atoms with Crippen molar-refractivity contribution in [2.45, 2.75) is 37.5 Å². The van der Waals surface area contributed by atoms with Gasteiger partial charge in [0.1, 0.15) is 0 Å². The molecular weight excluding hydrogens is 366 g/mol. The molecule has 0 aliphatic carbocycles. The quantitative estimate of drug-likeness (QED) is 0.790. The third kappa shape index (κ3) is 4.54. The minimum absolute atomic E-state index is 0.0865. The van der Waals surface area contributed by atoms with E-state index in [2.05, 4.69) is 5.32 Å². The molecule has 27 heavy (non-hydrogen) atoms. The summed E-state index contributed by atoms with van der Waals surface area (Å²) in [4.78, 5) is 24.1. The van der Waals surface area contributed by atoms with Gasteiger partial charge in [0.2, 0.25) is 0 Å². The predicted molar refractivity (Wildman–Crippen MR) is 104 cm³/mol. The number of hydrogen-bond donors (Lipinski definition) is 2. The molecule has 7 heteroatoms. The molecule has 0 fully saturated rings. The molecule has 0 bridgehead atoms. The fourth-order valence-electron chi connectivity index (χ4n) is 2.60. The highest BCUT2D eigenvalue weighted by atomic mass is 32.2. The standard InChI is InChI=1S/C20H23NO5S/c1-5-13-6-11-16(27(4,25)26)12-17(13)18(22)21-15-9-7-14(8-10-15)20(2,3)19(23)24/h6-12H,5H2,1-4H3,(H,21,22)(H,23,24). The van der Waals surface area contributed by atoms with Crippen LogP contribution in [0.2, 0.25) is 0 Å². The summed E-state index contributed by atoms with van der Waals surface area (Å²) in [7, 11) is -3.42. The van der Waals surface area contributed by atoms with Crippen LogP contribution in [0.25, 0.3) is 0 Å². The SMILES string of the molecule is CCc1ccc(S(C)(=O)=O)cc1C(=O)Nc1ccc(C(C)(C)C(=O)O)cc1. The Bertz CT molecular complexity index is 976. The third-order valence-electron chi connectivity index (χ3n) is 4.53.